The van der Waals surface area contributed by atoms with E-state index in [2.05, 4.69) is 20.9 Å². The Morgan fingerprint density at radius 2 is 1.81 bits per heavy atom. The lowest BCUT2D eigenvalue weighted by molar-refractivity contribution is -0.159. The van der Waals surface area contributed by atoms with Crippen molar-refractivity contribution in [2.75, 3.05) is 7.11 Å². The van der Waals surface area contributed by atoms with Crippen molar-refractivity contribution in [1.82, 2.24) is 4.98 Å². The minimum atomic E-state index is -2.12. The van der Waals surface area contributed by atoms with Gasteiger partial charge in [-0.3, -0.25) is 9.78 Å². The maximum atomic E-state index is 12.5. The highest BCUT2D eigenvalue weighted by Gasteiger charge is 2.78. The van der Waals surface area contributed by atoms with Gasteiger partial charge in [0.2, 0.25) is 0 Å². The van der Waals surface area contributed by atoms with Crippen LogP contribution in [0.25, 0.3) is 0 Å². The molecule has 5 atom stereocenters. The first-order valence-electron chi connectivity index (χ1n) is 10.0. The number of carboxylic acids is 1. The number of rotatable bonds is 4. The number of pyridine rings is 1. The summed E-state index contributed by atoms with van der Waals surface area (Å²) in [6.07, 6.45) is 1.17. The molecule has 2 heterocycles. The molecule has 1 aliphatic heterocycles. The molecular formula is C24H20BrNO6. The van der Waals surface area contributed by atoms with Gasteiger partial charge < -0.3 is 24.8 Å². The van der Waals surface area contributed by atoms with Gasteiger partial charge in [-0.2, -0.15) is 0 Å². The molecular weight excluding hydrogens is 478 g/mol. The van der Waals surface area contributed by atoms with Crippen LogP contribution in [0.2, 0.25) is 0 Å². The van der Waals surface area contributed by atoms with E-state index in [-0.39, 0.29) is 17.1 Å². The smallest absolute Gasteiger partial charge is 0.310 e. The summed E-state index contributed by atoms with van der Waals surface area (Å²) in [6.45, 7) is 0. The summed E-state index contributed by atoms with van der Waals surface area (Å²) in [5.41, 5.74) is -2.42. The predicted molar refractivity (Wildman–Crippen MR) is 117 cm³/mol. The summed E-state index contributed by atoms with van der Waals surface area (Å²) in [7, 11) is 1.42. The topological polar surface area (TPSA) is 109 Å². The van der Waals surface area contributed by atoms with Crippen LogP contribution in [0, 0.1) is 5.92 Å². The van der Waals surface area contributed by atoms with E-state index in [1.165, 1.54) is 19.5 Å². The number of aliphatic hydroxyl groups excluding tert-OH is 1. The number of ether oxygens (including phenoxy) is 2. The second kappa shape index (κ2) is 7.30. The SMILES string of the molecule is COc1cncc2c1[C@]1(O)[C@H](O)[C@H](C(=O)O)C(c3ccccc3)[C@]1(c1ccc(Br)cc1)O2. The first-order chi connectivity index (χ1) is 15.4. The van der Waals surface area contributed by atoms with Crippen molar-refractivity contribution < 1.29 is 29.6 Å². The van der Waals surface area contributed by atoms with E-state index in [1.54, 1.807) is 48.5 Å². The Morgan fingerprint density at radius 3 is 2.44 bits per heavy atom. The number of carbonyl (C=O) groups is 1. The van der Waals surface area contributed by atoms with Crippen LogP contribution in [-0.4, -0.2) is 39.5 Å². The van der Waals surface area contributed by atoms with Crippen LogP contribution in [0.5, 0.6) is 11.5 Å². The van der Waals surface area contributed by atoms with Crippen molar-refractivity contribution in [3.05, 3.63) is 88.2 Å². The predicted octanol–water partition coefficient (Wildman–Crippen LogP) is 3.19. The molecule has 5 rings (SSSR count). The fraction of sp³-hybridized carbons (Fsp3) is 0.250. The van der Waals surface area contributed by atoms with Gasteiger partial charge in [-0.05, 0) is 23.3 Å². The zero-order chi connectivity index (χ0) is 22.7. The summed E-state index contributed by atoms with van der Waals surface area (Å²) < 4.78 is 12.7. The number of carboxylic acid groups (broad SMARTS) is 1. The van der Waals surface area contributed by atoms with Gasteiger partial charge in [-0.25, -0.2) is 0 Å². The van der Waals surface area contributed by atoms with Crippen molar-refractivity contribution in [1.29, 1.82) is 0 Å². The average Bonchev–Trinajstić information content (AvgIpc) is 3.18. The number of benzene rings is 2. The normalized spacial score (nSPS) is 30.3. The first kappa shape index (κ1) is 20.9. The molecule has 1 aliphatic carbocycles. The number of aliphatic carboxylic acids is 1. The van der Waals surface area contributed by atoms with Crippen LogP contribution in [0.3, 0.4) is 0 Å². The molecule has 3 aromatic rings. The van der Waals surface area contributed by atoms with Gasteiger partial charge in [0.25, 0.3) is 0 Å². The fourth-order valence-corrected chi connectivity index (χ4v) is 5.63. The molecule has 1 aromatic heterocycles. The van der Waals surface area contributed by atoms with E-state index < -0.39 is 35.1 Å². The van der Waals surface area contributed by atoms with E-state index in [0.717, 1.165) is 4.47 Å². The minimum absolute atomic E-state index is 0.190. The van der Waals surface area contributed by atoms with Crippen molar-refractivity contribution >= 4 is 21.9 Å². The van der Waals surface area contributed by atoms with E-state index in [1.807, 2.05) is 6.07 Å². The quantitative estimate of drug-likeness (QED) is 0.507. The number of aliphatic hydroxyl groups is 2. The van der Waals surface area contributed by atoms with E-state index in [4.69, 9.17) is 9.47 Å². The zero-order valence-corrected chi connectivity index (χ0v) is 18.6. The van der Waals surface area contributed by atoms with Gasteiger partial charge in [0.1, 0.15) is 17.6 Å². The van der Waals surface area contributed by atoms with Crippen LogP contribution in [0.15, 0.2) is 71.5 Å². The third-order valence-corrected chi connectivity index (χ3v) is 7.13. The lowest BCUT2D eigenvalue weighted by Crippen LogP contribution is -2.52. The van der Waals surface area contributed by atoms with Gasteiger partial charge in [0, 0.05) is 10.4 Å². The zero-order valence-electron chi connectivity index (χ0n) is 17.0. The highest BCUT2D eigenvalue weighted by molar-refractivity contribution is 9.10. The second-order valence-electron chi connectivity index (χ2n) is 8.02. The number of fused-ring (bicyclic) bond motifs is 3. The van der Waals surface area contributed by atoms with Gasteiger partial charge in [0.15, 0.2) is 11.2 Å². The van der Waals surface area contributed by atoms with Gasteiger partial charge in [0.05, 0.1) is 31.0 Å². The van der Waals surface area contributed by atoms with Crippen LogP contribution < -0.4 is 9.47 Å². The Kier molecular flexibility index (Phi) is 4.77. The summed E-state index contributed by atoms with van der Waals surface area (Å²) in [5, 5.41) is 34.0. The fourth-order valence-electron chi connectivity index (χ4n) is 5.37. The number of hydrogen-bond donors (Lipinski definition) is 3. The number of hydrogen-bond acceptors (Lipinski definition) is 6. The molecule has 7 nitrogen and oxygen atoms in total. The molecule has 0 saturated heterocycles. The first-order valence-corrected chi connectivity index (χ1v) is 10.8. The Bertz CT molecular complexity index is 1190. The van der Waals surface area contributed by atoms with E-state index in [9.17, 15) is 20.1 Å². The van der Waals surface area contributed by atoms with Gasteiger partial charge in [-0.15, -0.1) is 0 Å². The van der Waals surface area contributed by atoms with E-state index in [0.29, 0.717) is 11.1 Å². The molecule has 32 heavy (non-hydrogen) atoms. The molecule has 164 valence electrons. The van der Waals surface area contributed by atoms with Crippen LogP contribution in [-0.2, 0) is 16.0 Å². The Hall–Kier alpha value is -2.94. The molecule has 0 amide bonds. The van der Waals surface area contributed by atoms with Crippen LogP contribution in [0.4, 0.5) is 0 Å². The summed E-state index contributed by atoms with van der Waals surface area (Å²) in [6, 6.07) is 16.0. The summed E-state index contributed by atoms with van der Waals surface area (Å²) >= 11 is 3.42. The lowest BCUT2D eigenvalue weighted by atomic mass is 9.70. The molecule has 8 heteroatoms. The summed E-state index contributed by atoms with van der Waals surface area (Å²) in [4.78, 5) is 16.6. The molecule has 0 radical (unpaired) electrons. The average molecular weight is 498 g/mol. The van der Waals surface area contributed by atoms with Gasteiger partial charge in [-0.1, -0.05) is 58.4 Å². The number of halogens is 1. The van der Waals surface area contributed by atoms with Gasteiger partial charge >= 0.3 is 5.97 Å². The minimum Gasteiger partial charge on any atom is -0.495 e. The Morgan fingerprint density at radius 1 is 1.12 bits per heavy atom. The number of nitrogens with zero attached hydrogens (tertiary/aromatic N) is 1. The Labute approximate surface area is 192 Å². The molecule has 1 fully saturated rings. The van der Waals surface area contributed by atoms with Crippen LogP contribution >= 0.6 is 15.9 Å². The molecule has 3 N–H and O–H groups in total. The highest BCUT2D eigenvalue weighted by Crippen LogP contribution is 2.69. The van der Waals surface area contributed by atoms with Crippen molar-refractivity contribution in [2.24, 2.45) is 5.92 Å². The van der Waals surface area contributed by atoms with E-state index >= 15 is 0 Å². The summed E-state index contributed by atoms with van der Waals surface area (Å²) in [5.74, 6) is -3.06. The molecule has 2 aromatic carbocycles. The molecule has 0 spiro atoms. The molecule has 0 bridgehead atoms. The highest BCUT2D eigenvalue weighted by atomic mass is 79.9. The molecule has 1 saturated carbocycles. The number of methoxy groups -OCH3 is 1. The van der Waals surface area contributed by atoms with Crippen molar-refractivity contribution in [3.8, 4) is 11.5 Å². The Balaban J connectivity index is 1.89. The standard InChI is InChI=1S/C24H20BrNO6/c1-31-16-11-26-12-17-20(16)23(30)21(27)18(22(28)29)19(13-5-3-2-4-6-13)24(23,32-17)14-7-9-15(25)10-8-14/h2-12,18-19,21,27,30H,1H3,(H,28,29)/t18-,19?,21-,23+,24+/m1/s1. The van der Waals surface area contributed by atoms with Crippen molar-refractivity contribution in [3.63, 3.8) is 0 Å². The maximum Gasteiger partial charge on any atom is 0.310 e. The third-order valence-electron chi connectivity index (χ3n) is 6.60. The molecule has 2 aliphatic rings. The lowest BCUT2D eigenvalue weighted by Gasteiger charge is -2.40. The second-order valence-corrected chi connectivity index (χ2v) is 8.94. The monoisotopic (exact) mass is 497 g/mol. The maximum absolute atomic E-state index is 12.5. The van der Waals surface area contributed by atoms with Crippen molar-refractivity contribution in [2.45, 2.75) is 23.2 Å². The molecule has 1 unspecified atom stereocenters. The largest absolute Gasteiger partial charge is 0.495 e. The number of aromatic nitrogens is 1. The van der Waals surface area contributed by atoms with Crippen LogP contribution in [0.1, 0.15) is 22.6 Å². The third kappa shape index (κ3) is 2.54.